The number of anilines is 3. The molecule has 2 fully saturated rings. The van der Waals surface area contributed by atoms with E-state index in [1.165, 1.54) is 19.3 Å². The molecule has 1 aromatic rings. The lowest BCUT2D eigenvalue weighted by Crippen LogP contribution is -2.34. The van der Waals surface area contributed by atoms with Crippen LogP contribution in [0.15, 0.2) is 0 Å². The Labute approximate surface area is 114 Å². The third-order valence-electron chi connectivity index (χ3n) is 4.01. The van der Waals surface area contributed by atoms with Gasteiger partial charge in [-0.3, -0.25) is 0 Å². The van der Waals surface area contributed by atoms with Gasteiger partial charge in [-0.15, -0.1) is 0 Å². The van der Waals surface area contributed by atoms with E-state index in [0.29, 0.717) is 12.0 Å². The van der Waals surface area contributed by atoms with Gasteiger partial charge in [-0.1, -0.05) is 0 Å². The van der Waals surface area contributed by atoms with Crippen LogP contribution in [-0.4, -0.2) is 48.2 Å². The van der Waals surface area contributed by atoms with Gasteiger partial charge in [-0.2, -0.15) is 15.0 Å². The van der Waals surface area contributed by atoms with Crippen LogP contribution < -0.4 is 15.1 Å². The largest absolute Gasteiger partial charge is 0.354 e. The van der Waals surface area contributed by atoms with Crippen LogP contribution in [0.3, 0.4) is 0 Å². The summed E-state index contributed by atoms with van der Waals surface area (Å²) in [6, 6.07) is 0.636. The number of piperidine rings is 1. The predicted octanol–water partition coefficient (Wildman–Crippen LogP) is 1.36. The number of nitrogens with one attached hydrogen (secondary N) is 1. The number of fused-ring (bicyclic) bond motifs is 2. The first-order chi connectivity index (χ1) is 9.17. The molecule has 1 saturated heterocycles. The van der Waals surface area contributed by atoms with Gasteiger partial charge in [0.1, 0.15) is 0 Å². The highest BCUT2D eigenvalue weighted by Crippen LogP contribution is 2.39. The lowest BCUT2D eigenvalue weighted by atomic mass is 10.1. The van der Waals surface area contributed by atoms with Gasteiger partial charge in [0.15, 0.2) is 0 Å². The predicted molar refractivity (Wildman–Crippen MR) is 76.8 cm³/mol. The molecule has 2 unspecified atom stereocenters. The van der Waals surface area contributed by atoms with Gasteiger partial charge in [-0.25, -0.2) is 0 Å². The number of rotatable bonds is 4. The number of hydrogen-bond donors (Lipinski definition) is 1. The summed E-state index contributed by atoms with van der Waals surface area (Å²) in [5, 5.41) is 3.20. The lowest BCUT2D eigenvalue weighted by molar-refractivity contribution is 0.546. The second-order valence-electron chi connectivity index (χ2n) is 5.67. The zero-order valence-electron chi connectivity index (χ0n) is 11.9. The van der Waals surface area contributed by atoms with Crippen molar-refractivity contribution in [3.63, 3.8) is 0 Å². The van der Waals surface area contributed by atoms with Gasteiger partial charge in [0, 0.05) is 33.2 Å². The zero-order valence-corrected chi connectivity index (χ0v) is 11.9. The van der Waals surface area contributed by atoms with Crippen molar-refractivity contribution in [1.29, 1.82) is 0 Å². The van der Waals surface area contributed by atoms with E-state index in [1.807, 2.05) is 19.0 Å². The minimum Gasteiger partial charge on any atom is -0.354 e. The minimum absolute atomic E-state index is 0.636. The molecule has 0 amide bonds. The molecule has 2 heterocycles. The van der Waals surface area contributed by atoms with Crippen molar-refractivity contribution in [2.75, 3.05) is 42.3 Å². The van der Waals surface area contributed by atoms with Crippen molar-refractivity contribution in [2.45, 2.75) is 32.2 Å². The van der Waals surface area contributed by atoms with Crippen LogP contribution >= 0.6 is 0 Å². The normalized spacial score (nSPS) is 24.9. The Morgan fingerprint density at radius 1 is 1.26 bits per heavy atom. The highest BCUT2D eigenvalue weighted by Gasteiger charge is 2.39. The lowest BCUT2D eigenvalue weighted by Gasteiger charge is -2.27. The minimum atomic E-state index is 0.636. The standard InChI is InChI=1S/C13H22N6/c1-4-14-11-15-12(18(2)3)17-13(16-11)19-8-9-5-6-10(19)7-9/h9-10H,4-8H2,1-3H3,(H,14,15,16,17). The highest BCUT2D eigenvalue weighted by molar-refractivity contribution is 5.46. The van der Waals surface area contributed by atoms with Gasteiger partial charge in [0.2, 0.25) is 17.8 Å². The second kappa shape index (κ2) is 4.83. The molecule has 1 saturated carbocycles. The van der Waals surface area contributed by atoms with Gasteiger partial charge in [-0.05, 0) is 32.1 Å². The Bertz CT molecular complexity index is 460. The van der Waals surface area contributed by atoms with Crippen LogP contribution in [0.4, 0.5) is 17.8 Å². The van der Waals surface area contributed by atoms with Crippen LogP contribution in [0.1, 0.15) is 26.2 Å². The van der Waals surface area contributed by atoms with E-state index in [-0.39, 0.29) is 0 Å². The first-order valence-electron chi connectivity index (χ1n) is 7.11. The summed E-state index contributed by atoms with van der Waals surface area (Å²) < 4.78 is 0. The third-order valence-corrected chi connectivity index (χ3v) is 4.01. The molecule has 0 spiro atoms. The van der Waals surface area contributed by atoms with Crippen molar-refractivity contribution in [3.05, 3.63) is 0 Å². The molecule has 6 nitrogen and oxygen atoms in total. The number of aromatic nitrogens is 3. The molecule has 0 radical (unpaired) electrons. The summed E-state index contributed by atoms with van der Waals surface area (Å²) in [6.07, 6.45) is 3.95. The molecule has 19 heavy (non-hydrogen) atoms. The van der Waals surface area contributed by atoms with Crippen molar-refractivity contribution in [3.8, 4) is 0 Å². The molecule has 0 aromatic carbocycles. The summed E-state index contributed by atoms with van der Waals surface area (Å²) >= 11 is 0. The fourth-order valence-electron chi connectivity index (χ4n) is 3.09. The molecule has 104 valence electrons. The van der Waals surface area contributed by atoms with Crippen LogP contribution in [0.25, 0.3) is 0 Å². The average molecular weight is 262 g/mol. The maximum absolute atomic E-state index is 4.61. The van der Waals surface area contributed by atoms with Gasteiger partial charge in [0.05, 0.1) is 0 Å². The van der Waals surface area contributed by atoms with Crippen molar-refractivity contribution in [2.24, 2.45) is 5.92 Å². The van der Waals surface area contributed by atoms with E-state index in [0.717, 1.165) is 30.9 Å². The Hall–Kier alpha value is -1.59. The van der Waals surface area contributed by atoms with Crippen molar-refractivity contribution < 1.29 is 0 Å². The molecule has 2 bridgehead atoms. The van der Waals surface area contributed by atoms with E-state index in [2.05, 4.69) is 32.1 Å². The molecule has 1 aromatic heterocycles. The van der Waals surface area contributed by atoms with E-state index in [1.54, 1.807) is 0 Å². The monoisotopic (exact) mass is 262 g/mol. The summed E-state index contributed by atoms with van der Waals surface area (Å²) in [5.41, 5.74) is 0. The first-order valence-corrected chi connectivity index (χ1v) is 7.11. The Morgan fingerprint density at radius 3 is 2.68 bits per heavy atom. The molecule has 6 heteroatoms. The van der Waals surface area contributed by atoms with Crippen LogP contribution in [0.2, 0.25) is 0 Å². The van der Waals surface area contributed by atoms with Gasteiger partial charge >= 0.3 is 0 Å². The van der Waals surface area contributed by atoms with Crippen molar-refractivity contribution >= 4 is 17.8 Å². The summed E-state index contributed by atoms with van der Waals surface area (Å²) in [6.45, 7) is 3.98. The van der Waals surface area contributed by atoms with Crippen LogP contribution in [0.5, 0.6) is 0 Å². The maximum Gasteiger partial charge on any atom is 0.232 e. The fraction of sp³-hybridized carbons (Fsp3) is 0.769. The molecule has 3 rings (SSSR count). The van der Waals surface area contributed by atoms with Crippen molar-refractivity contribution in [1.82, 2.24) is 15.0 Å². The highest BCUT2D eigenvalue weighted by atomic mass is 15.4. The van der Waals surface area contributed by atoms with E-state index < -0.39 is 0 Å². The summed E-state index contributed by atoms with van der Waals surface area (Å²) in [5.74, 6) is 3.08. The van der Waals surface area contributed by atoms with E-state index in [4.69, 9.17) is 0 Å². The molecule has 1 N–H and O–H groups in total. The maximum atomic E-state index is 4.61. The quantitative estimate of drug-likeness (QED) is 0.884. The first kappa shape index (κ1) is 12.4. The number of hydrogen-bond acceptors (Lipinski definition) is 6. The van der Waals surface area contributed by atoms with Crippen LogP contribution in [-0.2, 0) is 0 Å². The van der Waals surface area contributed by atoms with Gasteiger partial charge < -0.3 is 15.1 Å². The molecule has 1 aliphatic carbocycles. The van der Waals surface area contributed by atoms with E-state index in [9.17, 15) is 0 Å². The SMILES string of the molecule is CCNc1nc(N(C)C)nc(N2CC3CCC2C3)n1. The smallest absolute Gasteiger partial charge is 0.232 e. The second-order valence-corrected chi connectivity index (χ2v) is 5.67. The summed E-state index contributed by atoms with van der Waals surface area (Å²) in [7, 11) is 3.93. The zero-order chi connectivity index (χ0) is 13.4. The average Bonchev–Trinajstić information content (AvgIpc) is 3.01. The third kappa shape index (κ3) is 2.31. The molecular formula is C13H22N6. The Kier molecular flexibility index (Phi) is 3.16. The molecular weight excluding hydrogens is 240 g/mol. The molecule has 2 atom stereocenters. The Balaban J connectivity index is 1.91. The summed E-state index contributed by atoms with van der Waals surface area (Å²) in [4.78, 5) is 17.9. The molecule has 2 aliphatic rings. The van der Waals surface area contributed by atoms with Gasteiger partial charge in [0.25, 0.3) is 0 Å². The number of nitrogens with zero attached hydrogens (tertiary/aromatic N) is 5. The molecule has 1 aliphatic heterocycles. The fourth-order valence-corrected chi connectivity index (χ4v) is 3.09. The van der Waals surface area contributed by atoms with Crippen LogP contribution in [0, 0.1) is 5.92 Å². The van der Waals surface area contributed by atoms with E-state index >= 15 is 0 Å². The Morgan fingerprint density at radius 2 is 2.11 bits per heavy atom. The topological polar surface area (TPSA) is 57.2 Å².